The van der Waals surface area contributed by atoms with E-state index in [4.69, 9.17) is 9.15 Å². The second-order valence-electron chi connectivity index (χ2n) is 14.8. The summed E-state index contributed by atoms with van der Waals surface area (Å²) in [5.74, 6) is 1.74. The molecule has 1 aliphatic heterocycles. The van der Waals surface area contributed by atoms with Crippen molar-refractivity contribution in [1.82, 2.24) is 4.57 Å². The van der Waals surface area contributed by atoms with E-state index < -0.39 is 0 Å². The molecule has 0 bridgehead atoms. The number of ether oxygens (including phenoxy) is 1. The van der Waals surface area contributed by atoms with Crippen molar-refractivity contribution < 1.29 is 9.15 Å². The van der Waals surface area contributed by atoms with Gasteiger partial charge in [0.2, 0.25) is 0 Å². The Balaban J connectivity index is 1.05. The van der Waals surface area contributed by atoms with Gasteiger partial charge in [-0.05, 0) is 89.0 Å². The number of para-hydroxylation sites is 6. The third-order valence-electron chi connectivity index (χ3n) is 11.6. The Labute approximate surface area is 335 Å². The monoisotopic (exact) mass is 742 g/mol. The summed E-state index contributed by atoms with van der Waals surface area (Å²) >= 11 is 0. The molecule has 0 aliphatic carbocycles. The van der Waals surface area contributed by atoms with Crippen molar-refractivity contribution in [3.8, 4) is 50.6 Å². The molecule has 1 aliphatic rings. The number of benzene rings is 9. The first kappa shape index (κ1) is 32.4. The van der Waals surface area contributed by atoms with Crippen LogP contribution in [-0.2, 0) is 0 Å². The highest BCUT2D eigenvalue weighted by Crippen LogP contribution is 2.49. The first-order valence-corrected chi connectivity index (χ1v) is 19.7. The van der Waals surface area contributed by atoms with E-state index in [1.54, 1.807) is 0 Å². The molecule has 58 heavy (non-hydrogen) atoms. The summed E-state index contributed by atoms with van der Waals surface area (Å²) in [6.07, 6.45) is 0. The van der Waals surface area contributed by atoms with Crippen molar-refractivity contribution in [1.29, 1.82) is 0 Å². The Bertz CT molecular complexity index is 3380. The highest BCUT2D eigenvalue weighted by molar-refractivity contribution is 6.14. The summed E-state index contributed by atoms with van der Waals surface area (Å²) in [5, 5.41) is 4.62. The van der Waals surface area contributed by atoms with E-state index in [-0.39, 0.29) is 0 Å². The first-order valence-electron chi connectivity index (χ1n) is 19.7. The number of anilines is 3. The second-order valence-corrected chi connectivity index (χ2v) is 14.8. The third-order valence-corrected chi connectivity index (χ3v) is 11.6. The summed E-state index contributed by atoms with van der Waals surface area (Å²) in [6.45, 7) is 0. The van der Waals surface area contributed by atoms with Crippen LogP contribution in [0.1, 0.15) is 0 Å². The number of hydrogen-bond donors (Lipinski definition) is 0. The van der Waals surface area contributed by atoms with E-state index in [9.17, 15) is 0 Å². The quantitative estimate of drug-likeness (QED) is 0.170. The molecule has 11 aromatic rings. The molecule has 9 aromatic carbocycles. The van der Waals surface area contributed by atoms with Crippen molar-refractivity contribution >= 4 is 60.8 Å². The zero-order valence-electron chi connectivity index (χ0n) is 31.3. The fraction of sp³-hybridized carbons (Fsp3) is 0. The van der Waals surface area contributed by atoms with Gasteiger partial charge in [-0.25, -0.2) is 0 Å². The predicted octanol–water partition coefficient (Wildman–Crippen LogP) is 15.3. The molecule has 0 unspecified atom stereocenters. The molecule has 272 valence electrons. The average molecular weight is 743 g/mol. The van der Waals surface area contributed by atoms with E-state index in [1.165, 1.54) is 10.8 Å². The van der Waals surface area contributed by atoms with Crippen LogP contribution >= 0.6 is 0 Å². The van der Waals surface area contributed by atoms with E-state index in [0.29, 0.717) is 0 Å². The molecule has 0 radical (unpaired) electrons. The van der Waals surface area contributed by atoms with E-state index in [1.807, 2.05) is 24.3 Å². The normalized spacial score (nSPS) is 11.9. The minimum atomic E-state index is 0.864. The maximum absolute atomic E-state index is 6.43. The zero-order chi connectivity index (χ0) is 38.2. The van der Waals surface area contributed by atoms with Crippen LogP contribution in [0.2, 0.25) is 0 Å². The molecule has 0 N–H and O–H groups in total. The van der Waals surface area contributed by atoms with Crippen LogP contribution in [-0.4, -0.2) is 4.57 Å². The van der Waals surface area contributed by atoms with Crippen molar-refractivity contribution in [2.75, 3.05) is 4.90 Å². The van der Waals surface area contributed by atoms with Crippen LogP contribution in [0.5, 0.6) is 11.5 Å². The van der Waals surface area contributed by atoms with Gasteiger partial charge >= 0.3 is 0 Å². The molecule has 3 heterocycles. The van der Waals surface area contributed by atoms with Crippen LogP contribution in [0.25, 0.3) is 82.8 Å². The molecule has 0 spiro atoms. The Hall–Kier alpha value is -7.82. The van der Waals surface area contributed by atoms with E-state index in [0.717, 1.165) is 101 Å². The maximum Gasteiger partial charge on any atom is 0.152 e. The largest absolute Gasteiger partial charge is 0.456 e. The summed E-state index contributed by atoms with van der Waals surface area (Å²) in [5.41, 5.74) is 15.2. The Morgan fingerprint density at radius 3 is 1.84 bits per heavy atom. The molecule has 4 heteroatoms. The summed E-state index contributed by atoms with van der Waals surface area (Å²) < 4.78 is 15.1. The lowest BCUT2D eigenvalue weighted by Gasteiger charge is -2.30. The number of hydrogen-bond acceptors (Lipinski definition) is 3. The molecule has 0 amide bonds. The van der Waals surface area contributed by atoms with E-state index in [2.05, 4.69) is 191 Å². The number of aromatic nitrogens is 1. The molecule has 0 atom stereocenters. The van der Waals surface area contributed by atoms with Gasteiger partial charge in [0.05, 0.1) is 28.1 Å². The Kier molecular flexibility index (Phi) is 7.20. The number of nitrogens with zero attached hydrogens (tertiary/aromatic N) is 2. The summed E-state index contributed by atoms with van der Waals surface area (Å²) in [6, 6.07) is 73.3. The van der Waals surface area contributed by atoms with Crippen molar-refractivity contribution in [2.24, 2.45) is 0 Å². The fourth-order valence-electron chi connectivity index (χ4n) is 9.04. The lowest BCUT2D eigenvalue weighted by molar-refractivity contribution is 0.476. The maximum atomic E-state index is 6.43. The van der Waals surface area contributed by atoms with Crippen LogP contribution in [0.15, 0.2) is 211 Å². The SMILES string of the molecule is c1ccc(-c2ccccc2N(c2ccc(-c3cccc4oc5ccccc5c34)cc2)c2ccccc2-c2ccc3c(c2)c2cccc4c2n3-c2ccccc2O4)cc1. The molecule has 2 aromatic heterocycles. The minimum absolute atomic E-state index is 0.864. The van der Waals surface area contributed by atoms with Crippen LogP contribution in [0.4, 0.5) is 17.1 Å². The summed E-state index contributed by atoms with van der Waals surface area (Å²) in [7, 11) is 0. The first-order chi connectivity index (χ1) is 28.8. The lowest BCUT2D eigenvalue weighted by Crippen LogP contribution is -2.12. The van der Waals surface area contributed by atoms with Gasteiger partial charge in [-0.15, -0.1) is 0 Å². The van der Waals surface area contributed by atoms with Gasteiger partial charge in [0.25, 0.3) is 0 Å². The van der Waals surface area contributed by atoms with Crippen LogP contribution in [0, 0.1) is 0 Å². The van der Waals surface area contributed by atoms with Crippen molar-refractivity contribution in [3.05, 3.63) is 206 Å². The standard InChI is InChI=1S/C54H34N2O2/c1-2-14-35(15-3-1)39-16-4-7-21-45(39)55(38-31-28-36(29-32-38)41-19-12-26-51-53(41)43-18-6-10-24-49(43)57-51)46-22-8-5-17-40(46)37-30-33-47-44(34-37)42-20-13-27-52-54(42)56(47)48-23-9-11-25-50(48)58-52/h1-34H. The molecular weight excluding hydrogens is 709 g/mol. The van der Waals surface area contributed by atoms with Gasteiger partial charge in [0.1, 0.15) is 11.2 Å². The molecule has 0 saturated carbocycles. The van der Waals surface area contributed by atoms with Gasteiger partial charge in [-0.2, -0.15) is 0 Å². The summed E-state index contributed by atoms with van der Waals surface area (Å²) in [4.78, 5) is 2.42. The smallest absolute Gasteiger partial charge is 0.152 e. The van der Waals surface area contributed by atoms with Gasteiger partial charge in [0, 0.05) is 38.4 Å². The van der Waals surface area contributed by atoms with Gasteiger partial charge in [-0.1, -0.05) is 140 Å². The highest BCUT2D eigenvalue weighted by atomic mass is 16.5. The minimum Gasteiger partial charge on any atom is -0.456 e. The average Bonchev–Trinajstić information content (AvgIpc) is 3.84. The molecule has 0 saturated heterocycles. The molecule has 12 rings (SSSR count). The molecule has 0 fully saturated rings. The van der Waals surface area contributed by atoms with Crippen molar-refractivity contribution in [2.45, 2.75) is 0 Å². The van der Waals surface area contributed by atoms with Gasteiger partial charge in [-0.3, -0.25) is 0 Å². The van der Waals surface area contributed by atoms with Crippen LogP contribution in [0.3, 0.4) is 0 Å². The Morgan fingerprint density at radius 2 is 1.00 bits per heavy atom. The second kappa shape index (κ2) is 12.9. The number of furan rings is 1. The fourth-order valence-corrected chi connectivity index (χ4v) is 9.04. The Morgan fingerprint density at radius 1 is 0.397 bits per heavy atom. The van der Waals surface area contributed by atoms with Crippen LogP contribution < -0.4 is 9.64 Å². The third kappa shape index (κ3) is 4.95. The van der Waals surface area contributed by atoms with Crippen molar-refractivity contribution in [3.63, 3.8) is 0 Å². The number of rotatable bonds is 6. The van der Waals surface area contributed by atoms with E-state index >= 15 is 0 Å². The van der Waals surface area contributed by atoms with Gasteiger partial charge < -0.3 is 18.6 Å². The predicted molar refractivity (Wildman–Crippen MR) is 239 cm³/mol. The topological polar surface area (TPSA) is 30.5 Å². The number of fused-ring (bicyclic) bond motifs is 8. The molecular formula is C54H34N2O2. The van der Waals surface area contributed by atoms with Gasteiger partial charge in [0.15, 0.2) is 11.5 Å². The zero-order valence-corrected chi connectivity index (χ0v) is 31.3. The highest BCUT2D eigenvalue weighted by Gasteiger charge is 2.25. The lowest BCUT2D eigenvalue weighted by atomic mass is 9.97. The molecule has 4 nitrogen and oxygen atoms in total.